The number of nitrogens with zero attached hydrogens (tertiary/aromatic N) is 1. The molecule has 1 aromatic carbocycles. The van der Waals surface area contributed by atoms with Gasteiger partial charge in [0.05, 0.1) is 21.7 Å². The summed E-state index contributed by atoms with van der Waals surface area (Å²) in [7, 11) is 0. The predicted molar refractivity (Wildman–Crippen MR) is 78.0 cm³/mol. The number of hydrogen-bond donors (Lipinski definition) is 1. The van der Waals surface area contributed by atoms with E-state index >= 15 is 0 Å². The number of anilines is 2. The average Bonchev–Trinajstić information content (AvgIpc) is 2.75. The number of rotatable bonds is 2. The third kappa shape index (κ3) is 2.33. The molecule has 0 bridgehead atoms. The summed E-state index contributed by atoms with van der Waals surface area (Å²) in [6, 6.07) is 12.8. The van der Waals surface area contributed by atoms with Crippen LogP contribution >= 0.6 is 27.3 Å². The quantitative estimate of drug-likeness (QED) is 0.904. The van der Waals surface area contributed by atoms with Crippen LogP contribution in [0.3, 0.4) is 0 Å². The van der Waals surface area contributed by atoms with Gasteiger partial charge < -0.3 is 10.2 Å². The third-order valence-electron chi connectivity index (χ3n) is 2.92. The maximum Gasteiger partial charge on any atom is 0.0702 e. The summed E-state index contributed by atoms with van der Waals surface area (Å²) in [6.45, 7) is 3.07. The van der Waals surface area contributed by atoms with E-state index in [1.807, 2.05) is 11.3 Å². The van der Waals surface area contributed by atoms with Crippen molar-refractivity contribution < 1.29 is 0 Å². The zero-order valence-corrected chi connectivity index (χ0v) is 11.7. The molecule has 88 valence electrons. The fourth-order valence-corrected chi connectivity index (χ4v) is 3.63. The molecule has 17 heavy (non-hydrogen) atoms. The number of para-hydroxylation sites is 2. The van der Waals surface area contributed by atoms with Gasteiger partial charge in [0, 0.05) is 18.0 Å². The molecule has 0 amide bonds. The van der Waals surface area contributed by atoms with E-state index in [0.717, 1.165) is 19.6 Å². The number of halogens is 1. The molecule has 0 saturated heterocycles. The summed E-state index contributed by atoms with van der Waals surface area (Å²) in [6.07, 6.45) is 0. The highest BCUT2D eigenvalue weighted by Crippen LogP contribution is 2.31. The molecule has 0 unspecified atom stereocenters. The molecule has 0 atom stereocenters. The molecule has 0 saturated carbocycles. The van der Waals surface area contributed by atoms with Crippen molar-refractivity contribution >= 4 is 38.6 Å². The van der Waals surface area contributed by atoms with Crippen LogP contribution in [0.2, 0.25) is 0 Å². The monoisotopic (exact) mass is 308 g/mol. The van der Waals surface area contributed by atoms with E-state index in [-0.39, 0.29) is 0 Å². The minimum Gasteiger partial charge on any atom is -0.382 e. The molecule has 1 aromatic heterocycles. The summed E-state index contributed by atoms with van der Waals surface area (Å²) in [5.41, 5.74) is 2.55. The average molecular weight is 309 g/mol. The molecule has 1 aliphatic rings. The van der Waals surface area contributed by atoms with E-state index < -0.39 is 0 Å². The predicted octanol–water partition coefficient (Wildman–Crippen LogP) is 3.94. The summed E-state index contributed by atoms with van der Waals surface area (Å²) >= 11 is 5.33. The van der Waals surface area contributed by atoms with E-state index in [1.54, 1.807) is 0 Å². The normalized spacial score (nSPS) is 14.3. The number of nitrogens with one attached hydrogen (secondary N) is 1. The second kappa shape index (κ2) is 4.70. The third-order valence-corrected chi connectivity index (χ3v) is 4.53. The Kier molecular flexibility index (Phi) is 3.07. The smallest absolute Gasteiger partial charge is 0.0702 e. The molecule has 3 rings (SSSR count). The Labute approximate surface area is 113 Å². The van der Waals surface area contributed by atoms with Gasteiger partial charge in [-0.25, -0.2) is 0 Å². The van der Waals surface area contributed by atoms with Crippen LogP contribution in [0.25, 0.3) is 0 Å². The molecule has 0 radical (unpaired) electrons. The van der Waals surface area contributed by atoms with Crippen LogP contribution in [-0.4, -0.2) is 13.1 Å². The van der Waals surface area contributed by atoms with Gasteiger partial charge in [0.15, 0.2) is 0 Å². The summed E-state index contributed by atoms with van der Waals surface area (Å²) < 4.78 is 1.20. The minimum atomic E-state index is 0.995. The van der Waals surface area contributed by atoms with Crippen molar-refractivity contribution in [2.45, 2.75) is 6.54 Å². The molecule has 0 aliphatic carbocycles. The fourth-order valence-electron chi connectivity index (χ4n) is 2.13. The maximum atomic E-state index is 3.52. The Hall–Kier alpha value is -1.00. The van der Waals surface area contributed by atoms with Crippen LogP contribution in [0.1, 0.15) is 4.88 Å². The zero-order chi connectivity index (χ0) is 11.7. The van der Waals surface area contributed by atoms with E-state index in [1.165, 1.54) is 20.0 Å². The van der Waals surface area contributed by atoms with Gasteiger partial charge in [0.1, 0.15) is 0 Å². The first kappa shape index (κ1) is 11.1. The Morgan fingerprint density at radius 1 is 1.24 bits per heavy atom. The van der Waals surface area contributed by atoms with Crippen molar-refractivity contribution in [2.24, 2.45) is 0 Å². The van der Waals surface area contributed by atoms with Gasteiger partial charge in [-0.3, -0.25) is 0 Å². The summed E-state index contributed by atoms with van der Waals surface area (Å²) in [4.78, 5) is 3.83. The minimum absolute atomic E-state index is 0.995. The first-order valence-corrected chi connectivity index (χ1v) is 7.26. The van der Waals surface area contributed by atoms with Gasteiger partial charge in [-0.1, -0.05) is 12.1 Å². The molecular weight excluding hydrogens is 296 g/mol. The van der Waals surface area contributed by atoms with Crippen molar-refractivity contribution in [1.29, 1.82) is 0 Å². The second-order valence-electron chi connectivity index (χ2n) is 4.07. The van der Waals surface area contributed by atoms with E-state index in [2.05, 4.69) is 62.5 Å². The Balaban J connectivity index is 1.85. The largest absolute Gasteiger partial charge is 0.382 e. The number of hydrogen-bond acceptors (Lipinski definition) is 3. The molecule has 2 aromatic rings. The number of benzene rings is 1. The standard InChI is InChI=1S/C13H13BrN2S/c14-13-6-5-10(17-13)9-16-8-7-15-11-3-1-2-4-12(11)16/h1-6,15H,7-9H2. The second-order valence-corrected chi connectivity index (χ2v) is 6.62. The highest BCUT2D eigenvalue weighted by Gasteiger charge is 2.16. The summed E-state index contributed by atoms with van der Waals surface area (Å²) in [5.74, 6) is 0. The van der Waals surface area contributed by atoms with Gasteiger partial charge in [0.25, 0.3) is 0 Å². The lowest BCUT2D eigenvalue weighted by atomic mass is 10.2. The van der Waals surface area contributed by atoms with E-state index in [9.17, 15) is 0 Å². The lowest BCUT2D eigenvalue weighted by Crippen LogP contribution is -2.33. The fraction of sp³-hybridized carbons (Fsp3) is 0.231. The van der Waals surface area contributed by atoms with Crippen molar-refractivity contribution in [3.8, 4) is 0 Å². The van der Waals surface area contributed by atoms with Crippen LogP contribution in [-0.2, 0) is 6.54 Å². The molecule has 0 spiro atoms. The van der Waals surface area contributed by atoms with Crippen LogP contribution in [0, 0.1) is 0 Å². The summed E-state index contributed by atoms with van der Waals surface area (Å²) in [5, 5.41) is 3.44. The van der Waals surface area contributed by atoms with Gasteiger partial charge in [0.2, 0.25) is 0 Å². The lowest BCUT2D eigenvalue weighted by Gasteiger charge is -2.31. The molecule has 0 fully saturated rings. The first-order chi connectivity index (χ1) is 8.33. The number of fused-ring (bicyclic) bond motifs is 1. The van der Waals surface area contributed by atoms with E-state index in [0.29, 0.717) is 0 Å². The van der Waals surface area contributed by atoms with Crippen LogP contribution < -0.4 is 10.2 Å². The SMILES string of the molecule is Brc1ccc(CN2CCNc3ccccc32)s1. The van der Waals surface area contributed by atoms with E-state index in [4.69, 9.17) is 0 Å². The van der Waals surface area contributed by atoms with Crippen molar-refractivity contribution in [1.82, 2.24) is 0 Å². The Morgan fingerprint density at radius 3 is 2.94 bits per heavy atom. The molecule has 4 heteroatoms. The molecule has 1 aliphatic heterocycles. The van der Waals surface area contributed by atoms with Gasteiger partial charge in [-0.2, -0.15) is 0 Å². The maximum absolute atomic E-state index is 3.52. The molecule has 2 heterocycles. The van der Waals surface area contributed by atoms with Gasteiger partial charge >= 0.3 is 0 Å². The van der Waals surface area contributed by atoms with Gasteiger partial charge in [-0.15, -0.1) is 11.3 Å². The van der Waals surface area contributed by atoms with Crippen LogP contribution in [0.15, 0.2) is 40.2 Å². The Bertz CT molecular complexity index is 524. The highest BCUT2D eigenvalue weighted by molar-refractivity contribution is 9.11. The van der Waals surface area contributed by atoms with Crippen molar-refractivity contribution in [3.05, 3.63) is 45.1 Å². The molecular formula is C13H13BrN2S. The molecule has 2 nitrogen and oxygen atoms in total. The highest BCUT2D eigenvalue weighted by atomic mass is 79.9. The number of thiophene rings is 1. The Morgan fingerprint density at radius 2 is 2.12 bits per heavy atom. The molecule has 1 N–H and O–H groups in total. The topological polar surface area (TPSA) is 15.3 Å². The van der Waals surface area contributed by atoms with Crippen molar-refractivity contribution in [3.63, 3.8) is 0 Å². The zero-order valence-electron chi connectivity index (χ0n) is 9.32. The lowest BCUT2D eigenvalue weighted by molar-refractivity contribution is 0.795. The van der Waals surface area contributed by atoms with Crippen molar-refractivity contribution in [2.75, 3.05) is 23.3 Å². The first-order valence-electron chi connectivity index (χ1n) is 5.65. The van der Waals surface area contributed by atoms with Crippen LogP contribution in [0.5, 0.6) is 0 Å². The van der Waals surface area contributed by atoms with Crippen LogP contribution in [0.4, 0.5) is 11.4 Å². The van der Waals surface area contributed by atoms with Gasteiger partial charge in [-0.05, 0) is 40.2 Å².